The molecule has 3 rings (SSSR count). The van der Waals surface area contributed by atoms with E-state index in [1.165, 1.54) is 19.3 Å². The highest BCUT2D eigenvalue weighted by atomic mass is 16.4. The molecule has 3 heteroatoms. The molecule has 3 unspecified atom stereocenters. The van der Waals surface area contributed by atoms with E-state index in [0.29, 0.717) is 22.4 Å². The second-order valence-electron chi connectivity index (χ2n) is 7.64. The van der Waals surface area contributed by atoms with E-state index in [0.717, 1.165) is 17.2 Å². The van der Waals surface area contributed by atoms with Crippen LogP contribution in [0.25, 0.3) is 0 Å². The van der Waals surface area contributed by atoms with Gasteiger partial charge in [-0.3, -0.25) is 0 Å². The number of carboxylic acids is 1. The molecule has 2 aliphatic carbocycles. The van der Waals surface area contributed by atoms with Gasteiger partial charge in [-0.2, -0.15) is 0 Å². The summed E-state index contributed by atoms with van der Waals surface area (Å²) in [6.45, 7) is 9.22. The molecule has 2 saturated carbocycles. The normalized spacial score (nSPS) is 33.1. The molecular weight excluding hydrogens is 262 g/mol. The molecule has 0 aromatic heterocycles. The monoisotopic (exact) mass is 287 g/mol. The lowest BCUT2D eigenvalue weighted by molar-refractivity contribution is 0.0697. The number of aromatic carboxylic acids is 1. The van der Waals surface area contributed by atoms with E-state index in [4.69, 9.17) is 5.11 Å². The summed E-state index contributed by atoms with van der Waals surface area (Å²) in [6, 6.07) is 5.85. The third-order valence-corrected chi connectivity index (χ3v) is 6.60. The Morgan fingerprint density at radius 3 is 2.52 bits per heavy atom. The van der Waals surface area contributed by atoms with Gasteiger partial charge in [0.1, 0.15) is 0 Å². The first-order chi connectivity index (χ1) is 9.75. The number of benzene rings is 1. The molecule has 0 aliphatic heterocycles. The van der Waals surface area contributed by atoms with Gasteiger partial charge in [0.05, 0.1) is 5.56 Å². The Bertz CT molecular complexity index is 593. The average molecular weight is 287 g/mol. The molecule has 3 nitrogen and oxygen atoms in total. The minimum absolute atomic E-state index is 0.329. The smallest absolute Gasteiger partial charge is 0.335 e. The molecule has 0 radical (unpaired) electrons. The molecule has 0 amide bonds. The van der Waals surface area contributed by atoms with Gasteiger partial charge < -0.3 is 10.4 Å². The maximum absolute atomic E-state index is 11.0. The van der Waals surface area contributed by atoms with Crippen molar-refractivity contribution in [3.05, 3.63) is 29.3 Å². The topological polar surface area (TPSA) is 49.3 Å². The summed E-state index contributed by atoms with van der Waals surface area (Å²) >= 11 is 0. The standard InChI is InChI=1S/C18H25NO2/c1-11-9-12(16(20)21)5-6-14(11)19-15-10-13-7-8-18(15,4)17(13,2)3/h5-6,9,13,15,19H,7-8,10H2,1-4H3,(H,20,21). The van der Waals surface area contributed by atoms with Crippen LogP contribution in [0.1, 0.15) is 56.0 Å². The SMILES string of the molecule is Cc1cc(C(=O)O)ccc1NC1CC2CCC1(C)C2(C)C. The summed E-state index contributed by atoms with van der Waals surface area (Å²) in [7, 11) is 0. The zero-order valence-electron chi connectivity index (χ0n) is 13.4. The molecule has 3 atom stereocenters. The Kier molecular flexibility index (Phi) is 3.09. The van der Waals surface area contributed by atoms with Crippen molar-refractivity contribution in [3.8, 4) is 0 Å². The van der Waals surface area contributed by atoms with Gasteiger partial charge in [0.15, 0.2) is 0 Å². The molecule has 2 bridgehead atoms. The highest BCUT2D eigenvalue weighted by Crippen LogP contribution is 2.65. The summed E-state index contributed by atoms with van der Waals surface area (Å²) in [4.78, 5) is 11.0. The quantitative estimate of drug-likeness (QED) is 0.870. The third-order valence-electron chi connectivity index (χ3n) is 6.60. The van der Waals surface area contributed by atoms with Gasteiger partial charge in [-0.1, -0.05) is 20.8 Å². The highest BCUT2D eigenvalue weighted by molar-refractivity contribution is 5.88. The van der Waals surface area contributed by atoms with Crippen molar-refractivity contribution in [2.24, 2.45) is 16.7 Å². The second-order valence-corrected chi connectivity index (χ2v) is 7.64. The maximum Gasteiger partial charge on any atom is 0.335 e. The fourth-order valence-electron chi connectivity index (χ4n) is 4.57. The highest BCUT2D eigenvalue weighted by Gasteiger charge is 2.61. The van der Waals surface area contributed by atoms with Crippen molar-refractivity contribution in [1.82, 2.24) is 0 Å². The van der Waals surface area contributed by atoms with Crippen LogP contribution in [0.4, 0.5) is 5.69 Å². The van der Waals surface area contributed by atoms with E-state index in [2.05, 4.69) is 26.1 Å². The summed E-state index contributed by atoms with van der Waals surface area (Å²) < 4.78 is 0. The van der Waals surface area contributed by atoms with Crippen LogP contribution < -0.4 is 5.32 Å². The molecule has 21 heavy (non-hydrogen) atoms. The molecule has 0 spiro atoms. The molecule has 0 saturated heterocycles. The van der Waals surface area contributed by atoms with Gasteiger partial charge in [-0.25, -0.2) is 4.79 Å². The van der Waals surface area contributed by atoms with E-state index in [1.54, 1.807) is 12.1 Å². The molecule has 2 N–H and O–H groups in total. The fourth-order valence-corrected chi connectivity index (χ4v) is 4.57. The van der Waals surface area contributed by atoms with E-state index >= 15 is 0 Å². The fraction of sp³-hybridized carbons (Fsp3) is 0.611. The molecule has 114 valence electrons. The lowest BCUT2D eigenvalue weighted by atomic mass is 9.69. The molecular formula is C18H25NO2. The van der Waals surface area contributed by atoms with Gasteiger partial charge in [-0.05, 0) is 66.7 Å². The molecule has 1 aromatic rings. The Morgan fingerprint density at radius 2 is 2.05 bits per heavy atom. The lowest BCUT2D eigenvalue weighted by Gasteiger charge is -2.40. The predicted molar refractivity (Wildman–Crippen MR) is 84.8 cm³/mol. The third kappa shape index (κ3) is 1.97. The number of rotatable bonds is 3. The van der Waals surface area contributed by atoms with Crippen molar-refractivity contribution in [2.75, 3.05) is 5.32 Å². The van der Waals surface area contributed by atoms with Crippen molar-refractivity contribution in [1.29, 1.82) is 0 Å². The van der Waals surface area contributed by atoms with E-state index < -0.39 is 5.97 Å². The zero-order chi connectivity index (χ0) is 15.4. The van der Waals surface area contributed by atoms with Crippen LogP contribution in [0.3, 0.4) is 0 Å². The number of hydrogen-bond acceptors (Lipinski definition) is 2. The molecule has 1 aromatic carbocycles. The van der Waals surface area contributed by atoms with E-state index in [-0.39, 0.29) is 0 Å². The Hall–Kier alpha value is -1.51. The summed E-state index contributed by atoms with van der Waals surface area (Å²) in [5.41, 5.74) is 3.17. The second kappa shape index (κ2) is 4.49. The van der Waals surface area contributed by atoms with Crippen molar-refractivity contribution in [3.63, 3.8) is 0 Å². The van der Waals surface area contributed by atoms with Crippen LogP contribution in [0.5, 0.6) is 0 Å². The number of hydrogen-bond donors (Lipinski definition) is 2. The number of fused-ring (bicyclic) bond motifs is 2. The zero-order valence-corrected chi connectivity index (χ0v) is 13.4. The van der Waals surface area contributed by atoms with Gasteiger partial charge in [0.2, 0.25) is 0 Å². The van der Waals surface area contributed by atoms with E-state index in [9.17, 15) is 4.79 Å². The van der Waals surface area contributed by atoms with Gasteiger partial charge in [0.25, 0.3) is 0 Å². The first kappa shape index (κ1) is 14.4. The number of nitrogens with one attached hydrogen (secondary N) is 1. The minimum Gasteiger partial charge on any atom is -0.478 e. The lowest BCUT2D eigenvalue weighted by Crippen LogP contribution is -2.40. The predicted octanol–water partition coefficient (Wildman–Crippen LogP) is 4.32. The number of carbonyl (C=O) groups is 1. The van der Waals surface area contributed by atoms with Crippen LogP contribution in [-0.4, -0.2) is 17.1 Å². The van der Waals surface area contributed by atoms with Crippen molar-refractivity contribution < 1.29 is 9.90 Å². The largest absolute Gasteiger partial charge is 0.478 e. The number of aryl methyl sites for hydroxylation is 1. The summed E-state index contributed by atoms with van der Waals surface area (Å²) in [6.07, 6.45) is 3.86. The first-order valence-electron chi connectivity index (χ1n) is 7.86. The van der Waals surface area contributed by atoms with Crippen LogP contribution in [0.15, 0.2) is 18.2 Å². The average Bonchev–Trinajstić information content (AvgIpc) is 2.74. The van der Waals surface area contributed by atoms with Crippen molar-refractivity contribution >= 4 is 11.7 Å². The summed E-state index contributed by atoms with van der Waals surface area (Å²) in [5.74, 6) is -0.0590. The summed E-state index contributed by atoms with van der Waals surface area (Å²) in [5, 5.41) is 12.8. The number of carboxylic acid groups (broad SMARTS) is 1. The van der Waals surface area contributed by atoms with Gasteiger partial charge in [0, 0.05) is 11.7 Å². The first-order valence-corrected chi connectivity index (χ1v) is 7.86. The molecule has 0 heterocycles. The maximum atomic E-state index is 11.0. The van der Waals surface area contributed by atoms with Crippen molar-refractivity contribution in [2.45, 2.75) is 53.0 Å². The number of anilines is 1. The Balaban J connectivity index is 1.84. The van der Waals surface area contributed by atoms with Crippen LogP contribution in [0.2, 0.25) is 0 Å². The van der Waals surface area contributed by atoms with E-state index in [1.807, 2.05) is 13.0 Å². The van der Waals surface area contributed by atoms with Gasteiger partial charge >= 0.3 is 5.97 Å². The Labute approximate surface area is 126 Å². The molecule has 2 fully saturated rings. The van der Waals surface area contributed by atoms with Crippen LogP contribution in [0, 0.1) is 23.7 Å². The Morgan fingerprint density at radius 1 is 1.33 bits per heavy atom. The van der Waals surface area contributed by atoms with Crippen LogP contribution >= 0.6 is 0 Å². The molecule has 2 aliphatic rings. The minimum atomic E-state index is -0.863. The van der Waals surface area contributed by atoms with Crippen LogP contribution in [-0.2, 0) is 0 Å². The van der Waals surface area contributed by atoms with Gasteiger partial charge in [-0.15, -0.1) is 0 Å².